The van der Waals surface area contributed by atoms with Crippen molar-refractivity contribution in [3.63, 3.8) is 0 Å². The van der Waals surface area contributed by atoms with Gasteiger partial charge in [-0.3, -0.25) is 4.79 Å². The van der Waals surface area contributed by atoms with E-state index in [1.807, 2.05) is 11.6 Å². The van der Waals surface area contributed by atoms with Gasteiger partial charge in [-0.1, -0.05) is 12.1 Å². The van der Waals surface area contributed by atoms with E-state index in [9.17, 15) is 17.6 Å². The number of hydrogen-bond donors (Lipinski definition) is 1. The quantitative estimate of drug-likeness (QED) is 0.847. The van der Waals surface area contributed by atoms with E-state index in [0.29, 0.717) is 5.56 Å². The second-order valence-corrected chi connectivity index (χ2v) is 7.46. The summed E-state index contributed by atoms with van der Waals surface area (Å²) in [5.74, 6) is -1.59. The number of carbonyl (C=O) groups is 1. The van der Waals surface area contributed by atoms with E-state index in [-0.39, 0.29) is 0 Å². The van der Waals surface area contributed by atoms with Gasteiger partial charge in [0.05, 0.1) is 10.8 Å². The zero-order valence-corrected chi connectivity index (χ0v) is 13.2. The van der Waals surface area contributed by atoms with E-state index in [0.717, 1.165) is 16.0 Å². The first kappa shape index (κ1) is 16.3. The topological polar surface area (TPSA) is 76.1 Å². The van der Waals surface area contributed by atoms with E-state index >= 15 is 0 Å². The minimum Gasteiger partial charge on any atom is -0.269 e. The Labute approximate surface area is 131 Å². The molecule has 2 rings (SSSR count). The zero-order chi connectivity index (χ0) is 16.2. The van der Waals surface area contributed by atoms with Crippen molar-refractivity contribution in [1.82, 2.24) is 9.71 Å². The molecule has 0 bridgehead atoms. The van der Waals surface area contributed by atoms with Gasteiger partial charge in [0, 0.05) is 17.2 Å². The summed E-state index contributed by atoms with van der Waals surface area (Å²) in [7, 11) is -3.83. The Morgan fingerprint density at radius 3 is 2.64 bits per heavy atom. The smallest absolute Gasteiger partial charge is 0.257 e. The zero-order valence-electron chi connectivity index (χ0n) is 11.6. The SMILES string of the molecule is Cc1ncc(C=CC(=O)NS(=O)(=O)Cc2ccc(F)cc2)s1. The number of thiazole rings is 1. The molecule has 1 amide bonds. The highest BCUT2D eigenvalue weighted by Crippen LogP contribution is 2.13. The van der Waals surface area contributed by atoms with Gasteiger partial charge in [0.25, 0.3) is 5.91 Å². The fourth-order valence-electron chi connectivity index (χ4n) is 1.64. The molecule has 2 aromatic rings. The van der Waals surface area contributed by atoms with Crippen molar-refractivity contribution in [2.75, 3.05) is 0 Å². The Morgan fingerprint density at radius 2 is 2.05 bits per heavy atom. The number of benzene rings is 1. The Bertz CT molecular complexity index is 796. The van der Waals surface area contributed by atoms with Gasteiger partial charge in [0.1, 0.15) is 5.82 Å². The number of carbonyl (C=O) groups excluding carboxylic acids is 1. The normalized spacial score (nSPS) is 11.7. The molecule has 116 valence electrons. The molecule has 8 heteroatoms. The van der Waals surface area contributed by atoms with Crippen molar-refractivity contribution in [2.45, 2.75) is 12.7 Å². The number of rotatable bonds is 5. The minimum atomic E-state index is -3.83. The summed E-state index contributed by atoms with van der Waals surface area (Å²) in [6, 6.07) is 5.04. The Balaban J connectivity index is 1.97. The van der Waals surface area contributed by atoms with Crippen LogP contribution in [0.1, 0.15) is 15.4 Å². The standard InChI is InChI=1S/C14H13FN2O3S2/c1-10-16-8-13(21-10)6-7-14(18)17-22(19,20)9-11-2-4-12(15)5-3-11/h2-8H,9H2,1H3,(H,17,18). The van der Waals surface area contributed by atoms with Gasteiger partial charge in [-0.15, -0.1) is 11.3 Å². The van der Waals surface area contributed by atoms with Gasteiger partial charge in [0.2, 0.25) is 10.0 Å². The lowest BCUT2D eigenvalue weighted by atomic mass is 10.2. The Hall–Kier alpha value is -2.06. The average molecular weight is 340 g/mol. The summed E-state index contributed by atoms with van der Waals surface area (Å²) in [6.07, 6.45) is 4.22. The molecule has 1 heterocycles. The molecule has 22 heavy (non-hydrogen) atoms. The van der Waals surface area contributed by atoms with Crippen LogP contribution < -0.4 is 4.72 Å². The second kappa shape index (κ2) is 6.80. The molecule has 0 aliphatic rings. The highest BCUT2D eigenvalue weighted by Gasteiger charge is 2.14. The number of aromatic nitrogens is 1. The van der Waals surface area contributed by atoms with Crippen molar-refractivity contribution in [1.29, 1.82) is 0 Å². The highest BCUT2D eigenvalue weighted by atomic mass is 32.2. The van der Waals surface area contributed by atoms with Crippen LogP contribution in [-0.4, -0.2) is 19.3 Å². The molecule has 0 saturated carbocycles. The molecule has 1 aromatic heterocycles. The summed E-state index contributed by atoms with van der Waals surface area (Å²) in [5, 5.41) is 0.851. The lowest BCUT2D eigenvalue weighted by Gasteiger charge is -2.04. The molecule has 0 spiro atoms. The third-order valence-electron chi connectivity index (χ3n) is 2.56. The molecule has 0 saturated heterocycles. The van der Waals surface area contributed by atoms with Crippen LogP contribution in [0.25, 0.3) is 6.08 Å². The largest absolute Gasteiger partial charge is 0.269 e. The number of aryl methyl sites for hydroxylation is 1. The van der Waals surface area contributed by atoms with E-state index in [1.54, 1.807) is 6.20 Å². The third kappa shape index (κ3) is 5.05. The van der Waals surface area contributed by atoms with Crippen molar-refractivity contribution >= 4 is 33.3 Å². The molecule has 0 unspecified atom stereocenters. The van der Waals surface area contributed by atoms with E-state index in [2.05, 4.69) is 4.98 Å². The second-order valence-electron chi connectivity index (χ2n) is 4.47. The van der Waals surface area contributed by atoms with Crippen LogP contribution in [-0.2, 0) is 20.6 Å². The molecule has 0 atom stereocenters. The van der Waals surface area contributed by atoms with E-state index in [4.69, 9.17) is 0 Å². The number of nitrogens with one attached hydrogen (secondary N) is 1. The monoisotopic (exact) mass is 340 g/mol. The molecule has 0 aliphatic heterocycles. The summed E-state index contributed by atoms with van der Waals surface area (Å²) < 4.78 is 38.4. The summed E-state index contributed by atoms with van der Waals surface area (Å²) in [6.45, 7) is 1.83. The predicted molar refractivity (Wildman–Crippen MR) is 83.1 cm³/mol. The molecular weight excluding hydrogens is 327 g/mol. The van der Waals surface area contributed by atoms with Gasteiger partial charge >= 0.3 is 0 Å². The van der Waals surface area contributed by atoms with Crippen molar-refractivity contribution in [3.8, 4) is 0 Å². The van der Waals surface area contributed by atoms with Crippen LogP contribution >= 0.6 is 11.3 Å². The number of nitrogens with zero attached hydrogens (tertiary/aromatic N) is 1. The van der Waals surface area contributed by atoms with Gasteiger partial charge in [0.15, 0.2) is 0 Å². The number of halogens is 1. The number of sulfonamides is 1. The van der Waals surface area contributed by atoms with Gasteiger partial charge in [-0.25, -0.2) is 22.5 Å². The maximum atomic E-state index is 12.8. The summed E-state index contributed by atoms with van der Waals surface area (Å²) in [5.41, 5.74) is 0.392. The van der Waals surface area contributed by atoms with Gasteiger partial charge in [-0.2, -0.15) is 0 Å². The number of amides is 1. The van der Waals surface area contributed by atoms with E-state index < -0.39 is 27.5 Å². The first-order chi connectivity index (χ1) is 10.3. The summed E-state index contributed by atoms with van der Waals surface area (Å²) >= 11 is 1.39. The molecule has 0 aliphatic carbocycles. The maximum absolute atomic E-state index is 12.8. The van der Waals surface area contributed by atoms with Crippen LogP contribution in [0.2, 0.25) is 0 Å². The summed E-state index contributed by atoms with van der Waals surface area (Å²) in [4.78, 5) is 16.4. The predicted octanol–water partition coefficient (Wildman–Crippen LogP) is 2.25. The van der Waals surface area contributed by atoms with Crippen molar-refractivity contribution in [3.05, 3.63) is 57.8 Å². The van der Waals surface area contributed by atoms with E-state index in [1.165, 1.54) is 41.7 Å². The molecular formula is C14H13FN2O3S2. The van der Waals surface area contributed by atoms with Crippen molar-refractivity contribution < 1.29 is 17.6 Å². The molecule has 0 radical (unpaired) electrons. The Morgan fingerprint density at radius 1 is 1.36 bits per heavy atom. The van der Waals surface area contributed by atoms with Gasteiger partial charge < -0.3 is 0 Å². The fraction of sp³-hybridized carbons (Fsp3) is 0.143. The van der Waals surface area contributed by atoms with Crippen LogP contribution in [0.4, 0.5) is 4.39 Å². The fourth-order valence-corrected chi connectivity index (χ4v) is 3.40. The minimum absolute atomic E-state index is 0.392. The van der Waals surface area contributed by atoms with Crippen LogP contribution in [0.3, 0.4) is 0 Å². The average Bonchev–Trinajstić information content (AvgIpc) is 2.84. The first-order valence-corrected chi connectivity index (χ1v) is 8.70. The molecule has 1 N–H and O–H groups in total. The van der Waals surface area contributed by atoms with Crippen LogP contribution in [0.15, 0.2) is 36.5 Å². The molecule has 0 fully saturated rings. The van der Waals surface area contributed by atoms with Crippen LogP contribution in [0.5, 0.6) is 0 Å². The molecule has 5 nitrogen and oxygen atoms in total. The maximum Gasteiger partial charge on any atom is 0.257 e. The Kier molecular flexibility index (Phi) is 5.04. The lowest BCUT2D eigenvalue weighted by molar-refractivity contribution is -0.114. The first-order valence-electron chi connectivity index (χ1n) is 6.23. The lowest BCUT2D eigenvalue weighted by Crippen LogP contribution is -2.30. The van der Waals surface area contributed by atoms with Crippen LogP contribution in [0, 0.1) is 12.7 Å². The van der Waals surface area contributed by atoms with Crippen molar-refractivity contribution in [2.24, 2.45) is 0 Å². The number of hydrogen-bond acceptors (Lipinski definition) is 5. The molecule has 1 aromatic carbocycles. The van der Waals surface area contributed by atoms with Gasteiger partial charge in [-0.05, 0) is 30.7 Å². The third-order valence-corrected chi connectivity index (χ3v) is 4.67. The highest BCUT2D eigenvalue weighted by molar-refractivity contribution is 7.89.